The fourth-order valence-corrected chi connectivity index (χ4v) is 2.45. The van der Waals surface area contributed by atoms with Crippen LogP contribution in [-0.2, 0) is 9.47 Å². The maximum atomic E-state index is 11.5. The fourth-order valence-electron chi connectivity index (χ4n) is 2.45. The number of methoxy groups -OCH3 is 1. The van der Waals surface area contributed by atoms with E-state index in [4.69, 9.17) is 9.47 Å². The molecular formula is C14H16N2O3. The van der Waals surface area contributed by atoms with Crippen LogP contribution in [-0.4, -0.2) is 29.2 Å². The molecule has 0 radical (unpaired) electrons. The predicted octanol–water partition coefficient (Wildman–Crippen LogP) is 2.52. The second kappa shape index (κ2) is 5.01. The number of benzene rings is 1. The lowest BCUT2D eigenvalue weighted by atomic mass is 10.1. The third-order valence-electron chi connectivity index (χ3n) is 3.46. The molecule has 0 amide bonds. The highest BCUT2D eigenvalue weighted by Crippen LogP contribution is 2.26. The monoisotopic (exact) mass is 260 g/mol. The maximum Gasteiger partial charge on any atom is 0.337 e. The molecular weight excluding hydrogens is 244 g/mol. The molecule has 100 valence electrons. The van der Waals surface area contributed by atoms with Gasteiger partial charge in [-0.2, -0.15) is 0 Å². The van der Waals surface area contributed by atoms with Gasteiger partial charge in [0, 0.05) is 6.61 Å². The minimum absolute atomic E-state index is 0.0581. The van der Waals surface area contributed by atoms with Crippen LogP contribution < -0.4 is 0 Å². The lowest BCUT2D eigenvalue weighted by molar-refractivity contribution is -0.0295. The van der Waals surface area contributed by atoms with E-state index in [9.17, 15) is 4.79 Å². The van der Waals surface area contributed by atoms with E-state index in [1.165, 1.54) is 13.5 Å². The average Bonchev–Trinajstić information content (AvgIpc) is 2.90. The summed E-state index contributed by atoms with van der Waals surface area (Å²) in [6, 6.07) is 5.40. The van der Waals surface area contributed by atoms with E-state index in [1.54, 1.807) is 18.5 Å². The van der Waals surface area contributed by atoms with Crippen molar-refractivity contribution in [3.8, 4) is 0 Å². The molecule has 3 rings (SSSR count). The number of carbonyl (C=O) groups is 1. The minimum atomic E-state index is -0.342. The van der Waals surface area contributed by atoms with Crippen molar-refractivity contribution in [2.45, 2.75) is 25.5 Å². The van der Waals surface area contributed by atoms with Gasteiger partial charge >= 0.3 is 5.97 Å². The van der Waals surface area contributed by atoms with Gasteiger partial charge in [0.1, 0.15) is 6.23 Å². The molecule has 2 aromatic rings. The van der Waals surface area contributed by atoms with Crippen molar-refractivity contribution >= 4 is 17.0 Å². The molecule has 0 bridgehead atoms. The Labute approximate surface area is 111 Å². The molecule has 1 fully saturated rings. The number of fused-ring (bicyclic) bond motifs is 1. The number of ether oxygens (including phenoxy) is 2. The van der Waals surface area contributed by atoms with Gasteiger partial charge in [0.15, 0.2) is 0 Å². The molecule has 1 aliphatic rings. The van der Waals surface area contributed by atoms with Gasteiger partial charge in [0.05, 0.1) is 30.0 Å². The van der Waals surface area contributed by atoms with Gasteiger partial charge in [0.25, 0.3) is 0 Å². The van der Waals surface area contributed by atoms with Crippen molar-refractivity contribution in [2.24, 2.45) is 0 Å². The Morgan fingerprint density at radius 3 is 3.11 bits per heavy atom. The summed E-state index contributed by atoms with van der Waals surface area (Å²) in [5, 5.41) is 0. The molecule has 1 aromatic heterocycles. The number of hydrogen-bond acceptors (Lipinski definition) is 4. The first-order valence-electron chi connectivity index (χ1n) is 6.46. The molecule has 1 unspecified atom stereocenters. The van der Waals surface area contributed by atoms with Crippen LogP contribution in [0.1, 0.15) is 35.8 Å². The van der Waals surface area contributed by atoms with Crippen LogP contribution in [0.5, 0.6) is 0 Å². The first-order valence-corrected chi connectivity index (χ1v) is 6.46. The van der Waals surface area contributed by atoms with Gasteiger partial charge < -0.3 is 14.0 Å². The molecule has 1 atom stereocenters. The Hall–Kier alpha value is -1.88. The van der Waals surface area contributed by atoms with Gasteiger partial charge in [-0.15, -0.1) is 0 Å². The van der Waals surface area contributed by atoms with Crippen LogP contribution in [0, 0.1) is 0 Å². The standard InChI is InChI=1S/C14H16N2O3/c1-18-14(17)10-5-6-12-11(8-10)15-9-16(12)13-4-2-3-7-19-13/h5-6,8-9,13H,2-4,7H2,1H3. The summed E-state index contributed by atoms with van der Waals surface area (Å²) in [6.07, 6.45) is 5.13. The van der Waals surface area contributed by atoms with Crippen molar-refractivity contribution in [2.75, 3.05) is 13.7 Å². The number of imidazole rings is 1. The first kappa shape index (κ1) is 12.2. The van der Waals surface area contributed by atoms with Crippen molar-refractivity contribution in [1.29, 1.82) is 0 Å². The molecule has 0 spiro atoms. The van der Waals surface area contributed by atoms with Crippen LogP contribution in [0.15, 0.2) is 24.5 Å². The number of aromatic nitrogens is 2. The van der Waals surface area contributed by atoms with Crippen LogP contribution in [0.2, 0.25) is 0 Å². The van der Waals surface area contributed by atoms with Gasteiger partial charge in [-0.3, -0.25) is 0 Å². The smallest absolute Gasteiger partial charge is 0.337 e. The molecule has 5 heteroatoms. The molecule has 0 aliphatic carbocycles. The molecule has 1 saturated heterocycles. The lowest BCUT2D eigenvalue weighted by Gasteiger charge is -2.24. The molecule has 19 heavy (non-hydrogen) atoms. The van der Waals surface area contributed by atoms with Crippen molar-refractivity contribution in [1.82, 2.24) is 9.55 Å². The SMILES string of the molecule is COC(=O)c1ccc2c(c1)ncn2C1CCCCO1. The molecule has 0 N–H and O–H groups in total. The predicted molar refractivity (Wildman–Crippen MR) is 69.9 cm³/mol. The summed E-state index contributed by atoms with van der Waals surface area (Å²) in [5.41, 5.74) is 2.29. The van der Waals surface area contributed by atoms with Crippen LogP contribution >= 0.6 is 0 Å². The summed E-state index contributed by atoms with van der Waals surface area (Å²) in [6.45, 7) is 0.796. The zero-order chi connectivity index (χ0) is 13.2. The number of carbonyl (C=O) groups excluding carboxylic acids is 1. The van der Waals surface area contributed by atoms with E-state index < -0.39 is 0 Å². The molecule has 1 aliphatic heterocycles. The third-order valence-corrected chi connectivity index (χ3v) is 3.46. The average molecular weight is 260 g/mol. The second-order valence-corrected chi connectivity index (χ2v) is 4.67. The van der Waals surface area contributed by atoms with Gasteiger partial charge in [-0.25, -0.2) is 9.78 Å². The number of nitrogens with zero attached hydrogens (tertiary/aromatic N) is 2. The van der Waals surface area contributed by atoms with E-state index in [-0.39, 0.29) is 12.2 Å². The fraction of sp³-hybridized carbons (Fsp3) is 0.429. The van der Waals surface area contributed by atoms with Gasteiger partial charge in [-0.1, -0.05) is 0 Å². The first-order chi connectivity index (χ1) is 9.29. The van der Waals surface area contributed by atoms with E-state index in [1.807, 2.05) is 10.6 Å². The largest absolute Gasteiger partial charge is 0.465 e. The van der Waals surface area contributed by atoms with E-state index in [0.29, 0.717) is 5.56 Å². The summed E-state index contributed by atoms with van der Waals surface area (Å²) in [7, 11) is 1.38. The molecule has 2 heterocycles. The summed E-state index contributed by atoms with van der Waals surface area (Å²) in [5.74, 6) is -0.342. The summed E-state index contributed by atoms with van der Waals surface area (Å²) in [4.78, 5) is 15.8. The number of esters is 1. The van der Waals surface area contributed by atoms with E-state index >= 15 is 0 Å². The lowest BCUT2D eigenvalue weighted by Crippen LogP contribution is -2.17. The normalized spacial score (nSPS) is 19.5. The van der Waals surface area contributed by atoms with Crippen LogP contribution in [0.4, 0.5) is 0 Å². The van der Waals surface area contributed by atoms with Crippen LogP contribution in [0.25, 0.3) is 11.0 Å². The molecule has 5 nitrogen and oxygen atoms in total. The van der Waals surface area contributed by atoms with Crippen LogP contribution in [0.3, 0.4) is 0 Å². The summed E-state index contributed by atoms with van der Waals surface area (Å²) >= 11 is 0. The third kappa shape index (κ3) is 2.21. The highest BCUT2D eigenvalue weighted by Gasteiger charge is 2.18. The Kier molecular flexibility index (Phi) is 3.21. The quantitative estimate of drug-likeness (QED) is 0.778. The topological polar surface area (TPSA) is 53.3 Å². The zero-order valence-electron chi connectivity index (χ0n) is 10.8. The van der Waals surface area contributed by atoms with E-state index in [0.717, 1.165) is 30.5 Å². The second-order valence-electron chi connectivity index (χ2n) is 4.67. The minimum Gasteiger partial charge on any atom is -0.465 e. The Bertz CT molecular complexity index is 600. The highest BCUT2D eigenvalue weighted by molar-refractivity contribution is 5.93. The zero-order valence-corrected chi connectivity index (χ0v) is 10.8. The highest BCUT2D eigenvalue weighted by atomic mass is 16.5. The van der Waals surface area contributed by atoms with Crippen molar-refractivity contribution < 1.29 is 14.3 Å². The maximum absolute atomic E-state index is 11.5. The number of rotatable bonds is 2. The Balaban J connectivity index is 1.97. The molecule has 0 saturated carbocycles. The van der Waals surface area contributed by atoms with Gasteiger partial charge in [0.2, 0.25) is 0 Å². The molecule has 1 aromatic carbocycles. The Morgan fingerprint density at radius 1 is 1.47 bits per heavy atom. The van der Waals surface area contributed by atoms with Gasteiger partial charge in [-0.05, 0) is 37.5 Å². The number of hydrogen-bond donors (Lipinski definition) is 0. The van der Waals surface area contributed by atoms with E-state index in [2.05, 4.69) is 4.98 Å². The summed E-state index contributed by atoms with van der Waals surface area (Å²) < 4.78 is 12.5. The van der Waals surface area contributed by atoms with Crippen molar-refractivity contribution in [3.05, 3.63) is 30.1 Å². The van der Waals surface area contributed by atoms with Crippen molar-refractivity contribution in [3.63, 3.8) is 0 Å². The Morgan fingerprint density at radius 2 is 2.37 bits per heavy atom.